The number of amides is 1. The number of carbonyl (C=O) groups excluding carboxylic acids is 1. The fourth-order valence-electron chi connectivity index (χ4n) is 1.69. The van der Waals surface area contributed by atoms with Gasteiger partial charge in [-0.15, -0.1) is 0 Å². The molecule has 1 unspecified atom stereocenters. The molecule has 1 atom stereocenters. The normalized spacial score (nSPS) is 17.7. The van der Waals surface area contributed by atoms with Crippen LogP contribution in [0.25, 0.3) is 0 Å². The van der Waals surface area contributed by atoms with Crippen LogP contribution in [0.4, 0.5) is 0 Å². The number of nitrogens with one attached hydrogen (secondary N) is 1. The quantitative estimate of drug-likeness (QED) is 0.658. The number of hydrogen-bond donors (Lipinski definition) is 1. The summed E-state index contributed by atoms with van der Waals surface area (Å²) in [5, 5.41) is 18.3. The fraction of sp³-hybridized carbons (Fsp3) is 0.231. The zero-order chi connectivity index (χ0) is 14.4. The summed E-state index contributed by atoms with van der Waals surface area (Å²) in [5.41, 5.74) is 0.588. The van der Waals surface area contributed by atoms with Crippen LogP contribution in [0.1, 0.15) is 18.1 Å². The zero-order valence-corrected chi connectivity index (χ0v) is 10.7. The molecule has 1 N–H and O–H groups in total. The van der Waals surface area contributed by atoms with Gasteiger partial charge in [0.25, 0.3) is 5.91 Å². The van der Waals surface area contributed by atoms with Gasteiger partial charge in [0.1, 0.15) is 13.2 Å². The number of amidine groups is 1. The van der Waals surface area contributed by atoms with Crippen molar-refractivity contribution in [2.75, 3.05) is 7.11 Å². The van der Waals surface area contributed by atoms with Crippen LogP contribution < -0.4 is 5.32 Å². The number of oxime groups is 2. The molecule has 0 fully saturated rings. The van der Waals surface area contributed by atoms with E-state index in [1.54, 1.807) is 6.07 Å². The Morgan fingerprint density at radius 1 is 1.55 bits per heavy atom. The molecule has 0 radical (unpaired) electrons. The van der Waals surface area contributed by atoms with E-state index in [2.05, 4.69) is 20.5 Å². The third-order valence-electron chi connectivity index (χ3n) is 2.60. The first kappa shape index (κ1) is 13.5. The molecule has 0 aliphatic carbocycles. The highest BCUT2D eigenvalue weighted by atomic mass is 16.6. The maximum atomic E-state index is 11.7. The zero-order valence-electron chi connectivity index (χ0n) is 10.7. The summed E-state index contributed by atoms with van der Waals surface area (Å²) in [6.07, 6.45) is 0.179. The molecule has 102 valence electrons. The Balaban J connectivity index is 1.96. The average Bonchev–Trinajstić information content (AvgIpc) is 2.94. The van der Waals surface area contributed by atoms with Gasteiger partial charge in [-0.05, 0) is 5.56 Å². The van der Waals surface area contributed by atoms with Gasteiger partial charge in [0, 0.05) is 0 Å². The van der Waals surface area contributed by atoms with E-state index in [0.717, 1.165) is 5.56 Å². The maximum Gasteiger partial charge on any atom is 0.289 e. The van der Waals surface area contributed by atoms with Crippen molar-refractivity contribution in [2.24, 2.45) is 10.3 Å². The van der Waals surface area contributed by atoms with Gasteiger partial charge in [0.2, 0.25) is 5.71 Å². The third kappa shape index (κ3) is 3.11. The van der Waals surface area contributed by atoms with Crippen LogP contribution >= 0.6 is 0 Å². The molecule has 1 aromatic rings. The number of nitriles is 1. The van der Waals surface area contributed by atoms with Crippen molar-refractivity contribution in [1.82, 2.24) is 5.32 Å². The van der Waals surface area contributed by atoms with Gasteiger partial charge in [-0.3, -0.25) is 4.79 Å². The van der Waals surface area contributed by atoms with Gasteiger partial charge in [-0.1, -0.05) is 40.6 Å². The molecular formula is C13H12N4O3. The molecule has 1 aromatic carbocycles. The van der Waals surface area contributed by atoms with Gasteiger partial charge in [-0.2, -0.15) is 5.26 Å². The van der Waals surface area contributed by atoms with Crippen molar-refractivity contribution in [3.8, 4) is 6.07 Å². The lowest BCUT2D eigenvalue weighted by Gasteiger charge is -2.07. The molecule has 0 spiro atoms. The topological polar surface area (TPSA) is 96.1 Å². The lowest BCUT2D eigenvalue weighted by Crippen LogP contribution is -2.35. The first-order valence-corrected chi connectivity index (χ1v) is 5.85. The molecule has 0 saturated carbocycles. The lowest BCUT2D eigenvalue weighted by atomic mass is 10.1. The molecule has 2 rings (SSSR count). The van der Waals surface area contributed by atoms with E-state index in [9.17, 15) is 4.79 Å². The third-order valence-corrected chi connectivity index (χ3v) is 2.60. The van der Waals surface area contributed by atoms with Crippen LogP contribution in [0, 0.1) is 11.3 Å². The van der Waals surface area contributed by atoms with E-state index in [1.165, 1.54) is 7.11 Å². The number of nitrogens with zero attached hydrogens (tertiary/aromatic N) is 3. The Morgan fingerprint density at radius 2 is 2.30 bits per heavy atom. The van der Waals surface area contributed by atoms with Crippen LogP contribution in [0.5, 0.6) is 0 Å². The molecular weight excluding hydrogens is 260 g/mol. The molecule has 7 nitrogen and oxygen atoms in total. The van der Waals surface area contributed by atoms with Gasteiger partial charge >= 0.3 is 0 Å². The van der Waals surface area contributed by atoms with Crippen LogP contribution in [0.2, 0.25) is 0 Å². The summed E-state index contributed by atoms with van der Waals surface area (Å²) in [5.74, 6) is -0.326. The summed E-state index contributed by atoms with van der Waals surface area (Å²) >= 11 is 0. The maximum absolute atomic E-state index is 11.7. The highest BCUT2D eigenvalue weighted by Gasteiger charge is 2.25. The van der Waals surface area contributed by atoms with E-state index in [0.29, 0.717) is 12.3 Å². The van der Waals surface area contributed by atoms with Gasteiger partial charge in [-0.25, -0.2) is 0 Å². The van der Waals surface area contributed by atoms with Crippen molar-refractivity contribution in [2.45, 2.75) is 12.5 Å². The molecule has 1 amide bonds. The molecule has 7 heteroatoms. The standard InChI is InChI=1S/C13H12N4O3/c1-19-16-10(8-14)13(18)15-12-7-11(20-17-12)9-5-3-2-4-6-9/h2-6,11H,7H2,1H3,(H,15,17,18)/b16-10+. The molecule has 1 aliphatic heterocycles. The molecule has 0 aromatic heterocycles. The van der Waals surface area contributed by atoms with Crippen LogP contribution in [0.15, 0.2) is 40.6 Å². The second-order valence-electron chi connectivity index (χ2n) is 3.94. The van der Waals surface area contributed by atoms with Crippen molar-refractivity contribution < 1.29 is 14.5 Å². The molecule has 1 aliphatic rings. The number of benzene rings is 1. The van der Waals surface area contributed by atoms with Crippen LogP contribution in [-0.4, -0.2) is 24.6 Å². The lowest BCUT2D eigenvalue weighted by molar-refractivity contribution is -0.113. The minimum Gasteiger partial charge on any atom is -0.398 e. The second kappa shape index (κ2) is 6.33. The van der Waals surface area contributed by atoms with Crippen molar-refractivity contribution in [3.05, 3.63) is 35.9 Å². The summed E-state index contributed by atoms with van der Waals surface area (Å²) < 4.78 is 0. The summed E-state index contributed by atoms with van der Waals surface area (Å²) in [6, 6.07) is 11.2. The molecule has 0 bridgehead atoms. The predicted molar refractivity (Wildman–Crippen MR) is 70.5 cm³/mol. The van der Waals surface area contributed by atoms with Crippen LogP contribution in [-0.2, 0) is 14.5 Å². The predicted octanol–water partition coefficient (Wildman–Crippen LogP) is 1.10. The van der Waals surface area contributed by atoms with Crippen molar-refractivity contribution in [3.63, 3.8) is 0 Å². The van der Waals surface area contributed by atoms with Crippen molar-refractivity contribution >= 4 is 17.5 Å². The fourth-order valence-corrected chi connectivity index (χ4v) is 1.69. The van der Waals surface area contributed by atoms with Gasteiger partial charge in [0.05, 0.1) is 6.42 Å². The van der Waals surface area contributed by atoms with E-state index >= 15 is 0 Å². The first-order chi connectivity index (χ1) is 9.74. The van der Waals surface area contributed by atoms with E-state index in [4.69, 9.17) is 10.1 Å². The Hall–Kier alpha value is -2.88. The summed E-state index contributed by atoms with van der Waals surface area (Å²) in [7, 11) is 1.26. The van der Waals surface area contributed by atoms with Crippen molar-refractivity contribution in [1.29, 1.82) is 5.26 Å². The monoisotopic (exact) mass is 272 g/mol. The largest absolute Gasteiger partial charge is 0.398 e. The molecule has 20 heavy (non-hydrogen) atoms. The number of hydrogen-bond acceptors (Lipinski definition) is 6. The Labute approximate surface area is 115 Å². The smallest absolute Gasteiger partial charge is 0.289 e. The number of carbonyl (C=O) groups is 1. The summed E-state index contributed by atoms with van der Waals surface area (Å²) in [4.78, 5) is 21.3. The summed E-state index contributed by atoms with van der Waals surface area (Å²) in [6.45, 7) is 0. The second-order valence-corrected chi connectivity index (χ2v) is 3.94. The Morgan fingerprint density at radius 3 is 2.95 bits per heavy atom. The highest BCUT2D eigenvalue weighted by Crippen LogP contribution is 2.25. The molecule has 1 heterocycles. The van der Waals surface area contributed by atoms with E-state index in [1.807, 2.05) is 30.3 Å². The number of rotatable bonds is 3. The van der Waals surface area contributed by atoms with Gasteiger partial charge in [0.15, 0.2) is 11.9 Å². The minimum atomic E-state index is -0.676. The average molecular weight is 272 g/mol. The van der Waals surface area contributed by atoms with E-state index < -0.39 is 5.91 Å². The van der Waals surface area contributed by atoms with Gasteiger partial charge < -0.3 is 15.0 Å². The Kier molecular flexibility index (Phi) is 4.29. The minimum absolute atomic E-state index is 0.239. The first-order valence-electron chi connectivity index (χ1n) is 5.85. The Bertz CT molecular complexity index is 589. The van der Waals surface area contributed by atoms with Crippen LogP contribution in [0.3, 0.4) is 0 Å². The SMILES string of the molecule is CO/N=C(\C#N)C(=O)NC1=NOC(c2ccccc2)C1. The highest BCUT2D eigenvalue weighted by molar-refractivity contribution is 6.47. The van der Waals surface area contributed by atoms with E-state index in [-0.39, 0.29) is 11.8 Å². The molecule has 0 saturated heterocycles.